The van der Waals surface area contributed by atoms with Crippen LogP contribution in [-0.4, -0.2) is 15.2 Å². The lowest BCUT2D eigenvalue weighted by Crippen LogP contribution is -1.90. The van der Waals surface area contributed by atoms with Gasteiger partial charge in [0.15, 0.2) is 5.82 Å². The highest BCUT2D eigenvalue weighted by Gasteiger charge is 2.15. The smallest absolute Gasteiger partial charge is 0.209 e. The summed E-state index contributed by atoms with van der Waals surface area (Å²) in [7, 11) is 0. The van der Waals surface area contributed by atoms with Gasteiger partial charge in [0, 0.05) is 10.3 Å². The van der Waals surface area contributed by atoms with E-state index in [2.05, 4.69) is 15.2 Å². The minimum absolute atomic E-state index is 0.0953. The van der Waals surface area contributed by atoms with Crippen LogP contribution in [0.5, 0.6) is 0 Å². The standard InChI is InChI=1S/C16H13ClFN3S/c1-10(11-6-2-4-8-13(11)17)22-16-19-15(20-21-16)12-7-3-5-9-14(12)18/h2-10H,1H3,(H,19,20,21)/t10-/m1/s1. The van der Waals surface area contributed by atoms with Gasteiger partial charge in [0.05, 0.1) is 5.56 Å². The molecule has 0 amide bonds. The summed E-state index contributed by atoms with van der Waals surface area (Å²) >= 11 is 7.67. The lowest BCUT2D eigenvalue weighted by Gasteiger charge is -2.10. The SMILES string of the molecule is C[C@@H](Sc1n[nH]c(-c2ccccc2F)n1)c1ccccc1Cl. The molecule has 0 saturated carbocycles. The molecule has 0 aliphatic carbocycles. The minimum atomic E-state index is -0.325. The second kappa shape index (κ2) is 6.50. The molecule has 0 aliphatic rings. The number of halogens is 2. The number of aromatic amines is 1. The minimum Gasteiger partial charge on any atom is -0.258 e. The summed E-state index contributed by atoms with van der Waals surface area (Å²) in [6, 6.07) is 14.2. The van der Waals surface area contributed by atoms with Crippen LogP contribution in [-0.2, 0) is 0 Å². The van der Waals surface area contributed by atoms with Gasteiger partial charge in [0.2, 0.25) is 5.16 Å². The van der Waals surface area contributed by atoms with Crippen LogP contribution in [0.3, 0.4) is 0 Å². The van der Waals surface area contributed by atoms with Gasteiger partial charge < -0.3 is 0 Å². The van der Waals surface area contributed by atoms with Gasteiger partial charge in [-0.05, 0) is 30.7 Å². The molecule has 0 spiro atoms. The summed E-state index contributed by atoms with van der Waals surface area (Å²) in [4.78, 5) is 4.35. The van der Waals surface area contributed by atoms with E-state index in [1.54, 1.807) is 18.2 Å². The monoisotopic (exact) mass is 333 g/mol. The molecule has 3 nitrogen and oxygen atoms in total. The van der Waals surface area contributed by atoms with Crippen LogP contribution in [0.4, 0.5) is 4.39 Å². The molecule has 3 rings (SSSR count). The van der Waals surface area contributed by atoms with Crippen molar-refractivity contribution in [3.63, 3.8) is 0 Å². The first-order valence-corrected chi connectivity index (χ1v) is 7.99. The highest BCUT2D eigenvalue weighted by molar-refractivity contribution is 7.99. The van der Waals surface area contributed by atoms with E-state index in [1.807, 2.05) is 31.2 Å². The fraction of sp³-hybridized carbons (Fsp3) is 0.125. The van der Waals surface area contributed by atoms with Crippen molar-refractivity contribution in [1.29, 1.82) is 0 Å². The van der Waals surface area contributed by atoms with Crippen LogP contribution in [0.25, 0.3) is 11.4 Å². The number of rotatable bonds is 4. The summed E-state index contributed by atoms with van der Waals surface area (Å²) in [5, 5.41) is 8.30. The van der Waals surface area contributed by atoms with Crippen LogP contribution in [0, 0.1) is 5.82 Å². The van der Waals surface area contributed by atoms with Crippen molar-refractivity contribution in [1.82, 2.24) is 15.2 Å². The van der Waals surface area contributed by atoms with E-state index < -0.39 is 0 Å². The van der Waals surface area contributed by atoms with Gasteiger partial charge >= 0.3 is 0 Å². The van der Waals surface area contributed by atoms with Crippen molar-refractivity contribution in [3.8, 4) is 11.4 Å². The summed E-state index contributed by atoms with van der Waals surface area (Å²) in [5.74, 6) is 0.0984. The van der Waals surface area contributed by atoms with Crippen LogP contribution in [0.1, 0.15) is 17.7 Å². The van der Waals surface area contributed by atoms with Crippen molar-refractivity contribution in [3.05, 3.63) is 64.9 Å². The maximum Gasteiger partial charge on any atom is 0.209 e. The molecule has 0 radical (unpaired) electrons. The molecule has 2 aromatic carbocycles. The first-order chi connectivity index (χ1) is 10.6. The Bertz CT molecular complexity index is 790. The van der Waals surface area contributed by atoms with Gasteiger partial charge in [-0.15, -0.1) is 5.10 Å². The zero-order chi connectivity index (χ0) is 15.5. The van der Waals surface area contributed by atoms with Crippen molar-refractivity contribution in [2.24, 2.45) is 0 Å². The number of benzene rings is 2. The molecule has 0 bridgehead atoms. The third-order valence-electron chi connectivity index (χ3n) is 3.22. The third kappa shape index (κ3) is 3.15. The number of hydrogen-bond donors (Lipinski definition) is 1. The third-order valence-corrected chi connectivity index (χ3v) is 4.56. The van der Waals surface area contributed by atoms with Gasteiger partial charge in [-0.3, -0.25) is 5.10 Å². The summed E-state index contributed by atoms with van der Waals surface area (Å²) < 4.78 is 13.8. The first-order valence-electron chi connectivity index (χ1n) is 6.73. The van der Waals surface area contributed by atoms with E-state index in [1.165, 1.54) is 17.8 Å². The molecule has 0 unspecified atom stereocenters. The Balaban J connectivity index is 1.80. The predicted octanol–water partition coefficient (Wildman–Crippen LogP) is 5.12. The topological polar surface area (TPSA) is 41.6 Å². The number of aromatic nitrogens is 3. The second-order valence-electron chi connectivity index (χ2n) is 4.73. The fourth-order valence-electron chi connectivity index (χ4n) is 2.10. The van der Waals surface area contributed by atoms with Crippen molar-refractivity contribution in [2.45, 2.75) is 17.3 Å². The fourth-order valence-corrected chi connectivity index (χ4v) is 3.35. The van der Waals surface area contributed by atoms with Gasteiger partial charge in [-0.2, -0.15) is 0 Å². The molecular formula is C16H13ClFN3S. The molecule has 1 atom stereocenters. The summed E-state index contributed by atoms with van der Waals surface area (Å²) in [6.07, 6.45) is 0. The van der Waals surface area contributed by atoms with E-state index in [9.17, 15) is 4.39 Å². The van der Waals surface area contributed by atoms with Crippen molar-refractivity contribution >= 4 is 23.4 Å². The number of nitrogens with one attached hydrogen (secondary N) is 1. The van der Waals surface area contributed by atoms with Crippen molar-refractivity contribution in [2.75, 3.05) is 0 Å². The molecule has 22 heavy (non-hydrogen) atoms. The zero-order valence-electron chi connectivity index (χ0n) is 11.8. The molecule has 3 aromatic rings. The molecule has 1 N–H and O–H groups in total. The highest BCUT2D eigenvalue weighted by Crippen LogP contribution is 2.36. The number of nitrogens with zero attached hydrogens (tertiary/aromatic N) is 2. The Morgan fingerprint density at radius 1 is 1.14 bits per heavy atom. The summed E-state index contributed by atoms with van der Waals surface area (Å²) in [5.41, 5.74) is 1.43. The molecule has 0 saturated heterocycles. The van der Waals surface area contributed by atoms with E-state index in [0.29, 0.717) is 21.6 Å². The quantitative estimate of drug-likeness (QED) is 0.674. The lowest BCUT2D eigenvalue weighted by molar-refractivity contribution is 0.630. The predicted molar refractivity (Wildman–Crippen MR) is 87.5 cm³/mol. The Hall–Kier alpha value is -1.85. The Kier molecular flexibility index (Phi) is 4.45. The van der Waals surface area contributed by atoms with E-state index in [0.717, 1.165) is 5.56 Å². The van der Waals surface area contributed by atoms with Gasteiger partial charge in [0.1, 0.15) is 5.82 Å². The summed E-state index contributed by atoms with van der Waals surface area (Å²) in [6.45, 7) is 2.03. The zero-order valence-corrected chi connectivity index (χ0v) is 13.3. The number of hydrogen-bond acceptors (Lipinski definition) is 3. The first kappa shape index (κ1) is 15.1. The Morgan fingerprint density at radius 2 is 1.86 bits per heavy atom. The van der Waals surface area contributed by atoms with E-state index in [-0.39, 0.29) is 11.1 Å². The average Bonchev–Trinajstić information content (AvgIpc) is 2.96. The Morgan fingerprint density at radius 3 is 2.64 bits per heavy atom. The average molecular weight is 334 g/mol. The molecule has 0 fully saturated rings. The normalized spacial score (nSPS) is 12.3. The van der Waals surface area contributed by atoms with E-state index >= 15 is 0 Å². The van der Waals surface area contributed by atoms with Crippen LogP contribution < -0.4 is 0 Å². The molecule has 112 valence electrons. The number of H-pyrrole nitrogens is 1. The van der Waals surface area contributed by atoms with Gasteiger partial charge in [0.25, 0.3) is 0 Å². The maximum absolute atomic E-state index is 13.8. The molecular weight excluding hydrogens is 321 g/mol. The number of thioether (sulfide) groups is 1. The largest absolute Gasteiger partial charge is 0.258 e. The van der Waals surface area contributed by atoms with Gasteiger partial charge in [-0.25, -0.2) is 9.37 Å². The Labute approximate surface area is 136 Å². The van der Waals surface area contributed by atoms with Crippen LogP contribution in [0.2, 0.25) is 5.02 Å². The molecule has 6 heteroatoms. The highest BCUT2D eigenvalue weighted by atomic mass is 35.5. The van der Waals surface area contributed by atoms with Crippen LogP contribution in [0.15, 0.2) is 53.7 Å². The van der Waals surface area contributed by atoms with E-state index in [4.69, 9.17) is 11.6 Å². The lowest BCUT2D eigenvalue weighted by atomic mass is 10.2. The molecule has 1 aromatic heterocycles. The van der Waals surface area contributed by atoms with Crippen LogP contribution >= 0.6 is 23.4 Å². The molecule has 1 heterocycles. The van der Waals surface area contributed by atoms with Gasteiger partial charge in [-0.1, -0.05) is 53.7 Å². The molecule has 0 aliphatic heterocycles. The van der Waals surface area contributed by atoms with Crippen molar-refractivity contribution < 1.29 is 4.39 Å². The second-order valence-corrected chi connectivity index (χ2v) is 6.44. The maximum atomic E-state index is 13.8.